The molecule has 1 aromatic carbocycles. The lowest BCUT2D eigenvalue weighted by Gasteiger charge is -2.29. The maximum Gasteiger partial charge on any atom is 0.336 e. The van der Waals surface area contributed by atoms with Crippen LogP contribution in [0.2, 0.25) is 0 Å². The van der Waals surface area contributed by atoms with Crippen molar-refractivity contribution in [2.24, 2.45) is 11.7 Å². The molecule has 0 unspecified atom stereocenters. The zero-order chi connectivity index (χ0) is 14.0. The van der Waals surface area contributed by atoms with E-state index in [1.165, 1.54) is 18.6 Å². The molecule has 19 heavy (non-hydrogen) atoms. The third-order valence-electron chi connectivity index (χ3n) is 3.89. The van der Waals surface area contributed by atoms with Gasteiger partial charge in [-0.05, 0) is 46.8 Å². The number of aromatic carboxylic acids is 1. The SMILES string of the molecule is N[C@@H](c1c(C(=O)O)ccc(Br)c1O)C1CCCCC1. The van der Waals surface area contributed by atoms with E-state index in [0.29, 0.717) is 10.0 Å². The van der Waals surface area contributed by atoms with Crippen molar-refractivity contribution in [3.63, 3.8) is 0 Å². The molecule has 5 heteroatoms. The normalized spacial score (nSPS) is 18.2. The lowest BCUT2D eigenvalue weighted by atomic mass is 9.80. The van der Waals surface area contributed by atoms with Gasteiger partial charge in [0.15, 0.2) is 0 Å². The van der Waals surface area contributed by atoms with Crippen LogP contribution in [0.25, 0.3) is 0 Å². The number of rotatable bonds is 3. The van der Waals surface area contributed by atoms with Crippen molar-refractivity contribution in [3.8, 4) is 5.75 Å². The first-order chi connectivity index (χ1) is 9.02. The summed E-state index contributed by atoms with van der Waals surface area (Å²) >= 11 is 3.22. The number of halogens is 1. The number of carbonyl (C=O) groups is 1. The van der Waals surface area contributed by atoms with Crippen LogP contribution in [0, 0.1) is 5.92 Å². The van der Waals surface area contributed by atoms with E-state index in [2.05, 4.69) is 15.9 Å². The maximum atomic E-state index is 11.3. The fraction of sp³-hybridized carbons (Fsp3) is 0.500. The Morgan fingerprint density at radius 2 is 1.95 bits per heavy atom. The average Bonchev–Trinajstić information content (AvgIpc) is 2.41. The summed E-state index contributed by atoms with van der Waals surface area (Å²) in [6, 6.07) is 2.60. The number of nitrogens with two attached hydrogens (primary N) is 1. The molecule has 0 aliphatic heterocycles. The van der Waals surface area contributed by atoms with E-state index in [1.54, 1.807) is 0 Å². The van der Waals surface area contributed by atoms with Gasteiger partial charge < -0.3 is 15.9 Å². The molecule has 0 bridgehead atoms. The van der Waals surface area contributed by atoms with Crippen LogP contribution in [0.15, 0.2) is 16.6 Å². The quantitative estimate of drug-likeness (QED) is 0.794. The maximum absolute atomic E-state index is 11.3. The number of hydrogen-bond donors (Lipinski definition) is 3. The molecule has 0 saturated heterocycles. The highest BCUT2D eigenvalue weighted by molar-refractivity contribution is 9.10. The lowest BCUT2D eigenvalue weighted by Crippen LogP contribution is -2.25. The standard InChI is InChI=1S/C14H18BrNO3/c15-10-7-6-9(14(18)19)11(13(10)17)12(16)8-4-2-1-3-5-8/h6-8,12,17H,1-5,16H2,(H,18,19)/t12-/m1/s1. The van der Waals surface area contributed by atoms with Gasteiger partial charge in [0.1, 0.15) is 5.75 Å². The van der Waals surface area contributed by atoms with Crippen molar-refractivity contribution >= 4 is 21.9 Å². The van der Waals surface area contributed by atoms with Crippen LogP contribution in [0.5, 0.6) is 5.75 Å². The average molecular weight is 328 g/mol. The predicted molar refractivity (Wildman–Crippen MR) is 76.3 cm³/mol. The van der Waals surface area contributed by atoms with E-state index in [4.69, 9.17) is 5.73 Å². The minimum atomic E-state index is -1.05. The van der Waals surface area contributed by atoms with E-state index < -0.39 is 12.0 Å². The van der Waals surface area contributed by atoms with Crippen LogP contribution in [0.4, 0.5) is 0 Å². The summed E-state index contributed by atoms with van der Waals surface area (Å²) in [4.78, 5) is 11.3. The molecular formula is C14H18BrNO3. The highest BCUT2D eigenvalue weighted by Crippen LogP contribution is 2.40. The fourth-order valence-electron chi connectivity index (χ4n) is 2.83. The summed E-state index contributed by atoms with van der Waals surface area (Å²) in [7, 11) is 0. The van der Waals surface area contributed by atoms with Gasteiger partial charge in [0.25, 0.3) is 0 Å². The van der Waals surface area contributed by atoms with E-state index in [0.717, 1.165) is 25.7 Å². The Balaban J connectivity index is 2.41. The van der Waals surface area contributed by atoms with E-state index in [-0.39, 0.29) is 17.2 Å². The van der Waals surface area contributed by atoms with Crippen LogP contribution in [-0.4, -0.2) is 16.2 Å². The van der Waals surface area contributed by atoms with Crippen molar-refractivity contribution in [1.29, 1.82) is 0 Å². The van der Waals surface area contributed by atoms with Crippen molar-refractivity contribution in [1.82, 2.24) is 0 Å². The molecule has 1 aliphatic carbocycles. The highest BCUT2D eigenvalue weighted by atomic mass is 79.9. The Kier molecular flexibility index (Phi) is 4.47. The Hall–Kier alpha value is -1.07. The topological polar surface area (TPSA) is 83.6 Å². The number of phenolic OH excluding ortho intramolecular Hbond substituents is 1. The Morgan fingerprint density at radius 3 is 2.53 bits per heavy atom. The molecule has 0 aromatic heterocycles. The second-order valence-electron chi connectivity index (χ2n) is 5.09. The smallest absolute Gasteiger partial charge is 0.336 e. The van der Waals surface area contributed by atoms with Crippen LogP contribution in [0.3, 0.4) is 0 Å². The zero-order valence-electron chi connectivity index (χ0n) is 10.6. The van der Waals surface area contributed by atoms with Gasteiger partial charge in [-0.1, -0.05) is 19.3 Å². The number of aromatic hydroxyl groups is 1. The van der Waals surface area contributed by atoms with Crippen LogP contribution < -0.4 is 5.73 Å². The number of phenols is 1. The first-order valence-electron chi connectivity index (χ1n) is 6.52. The first kappa shape index (κ1) is 14.3. The van der Waals surface area contributed by atoms with Gasteiger partial charge in [0, 0.05) is 11.6 Å². The molecule has 4 N–H and O–H groups in total. The van der Waals surface area contributed by atoms with Crippen molar-refractivity contribution < 1.29 is 15.0 Å². The molecule has 0 spiro atoms. The Morgan fingerprint density at radius 1 is 1.32 bits per heavy atom. The Bertz CT molecular complexity index is 484. The van der Waals surface area contributed by atoms with Gasteiger partial charge in [-0.3, -0.25) is 0 Å². The van der Waals surface area contributed by atoms with Crippen LogP contribution >= 0.6 is 15.9 Å². The summed E-state index contributed by atoms with van der Waals surface area (Å²) in [5.41, 5.74) is 6.69. The summed E-state index contributed by atoms with van der Waals surface area (Å²) in [5.74, 6) is -0.853. The molecule has 1 aliphatic rings. The van der Waals surface area contributed by atoms with Crippen molar-refractivity contribution in [3.05, 3.63) is 27.7 Å². The number of benzene rings is 1. The van der Waals surface area contributed by atoms with Gasteiger partial charge in [-0.15, -0.1) is 0 Å². The summed E-state index contributed by atoms with van der Waals surface area (Å²) in [6.07, 6.45) is 5.43. The Labute approximate surface area is 120 Å². The van der Waals surface area contributed by atoms with Gasteiger partial charge in [0.2, 0.25) is 0 Å². The molecule has 2 rings (SSSR count). The minimum Gasteiger partial charge on any atom is -0.506 e. The summed E-state index contributed by atoms with van der Waals surface area (Å²) < 4.78 is 0.485. The largest absolute Gasteiger partial charge is 0.506 e. The van der Waals surface area contributed by atoms with Crippen LogP contribution in [-0.2, 0) is 0 Å². The van der Waals surface area contributed by atoms with E-state index in [9.17, 15) is 15.0 Å². The molecule has 4 nitrogen and oxygen atoms in total. The highest BCUT2D eigenvalue weighted by Gasteiger charge is 2.28. The number of hydrogen-bond acceptors (Lipinski definition) is 3. The van der Waals surface area contributed by atoms with E-state index in [1.807, 2.05) is 0 Å². The molecular weight excluding hydrogens is 310 g/mol. The van der Waals surface area contributed by atoms with Crippen molar-refractivity contribution in [2.75, 3.05) is 0 Å². The summed E-state index contributed by atoms with van der Waals surface area (Å²) in [5, 5.41) is 19.4. The molecule has 0 heterocycles. The third-order valence-corrected chi connectivity index (χ3v) is 4.53. The second-order valence-corrected chi connectivity index (χ2v) is 5.94. The molecule has 1 fully saturated rings. The first-order valence-corrected chi connectivity index (χ1v) is 7.32. The lowest BCUT2D eigenvalue weighted by molar-refractivity contribution is 0.0693. The molecule has 1 saturated carbocycles. The summed E-state index contributed by atoms with van der Waals surface area (Å²) in [6.45, 7) is 0. The van der Waals surface area contributed by atoms with Crippen molar-refractivity contribution in [2.45, 2.75) is 38.1 Å². The molecule has 0 radical (unpaired) electrons. The predicted octanol–water partition coefficient (Wildman–Crippen LogP) is 3.43. The van der Waals surface area contributed by atoms with Gasteiger partial charge in [-0.2, -0.15) is 0 Å². The number of carboxylic acids is 1. The monoisotopic (exact) mass is 327 g/mol. The van der Waals surface area contributed by atoms with Crippen LogP contribution in [0.1, 0.15) is 54.1 Å². The zero-order valence-corrected chi connectivity index (χ0v) is 12.2. The second kappa shape index (κ2) is 5.92. The van der Waals surface area contributed by atoms with Gasteiger partial charge in [0.05, 0.1) is 10.0 Å². The minimum absolute atomic E-state index is 0.0435. The number of carboxylic acid groups (broad SMARTS) is 1. The molecule has 1 atom stereocenters. The molecule has 1 aromatic rings. The van der Waals surface area contributed by atoms with E-state index >= 15 is 0 Å². The molecule has 0 amide bonds. The molecule has 104 valence electrons. The fourth-order valence-corrected chi connectivity index (χ4v) is 3.18. The van der Waals surface area contributed by atoms with Gasteiger partial charge >= 0.3 is 5.97 Å². The third kappa shape index (κ3) is 2.92. The van der Waals surface area contributed by atoms with Gasteiger partial charge in [-0.25, -0.2) is 4.79 Å².